The van der Waals surface area contributed by atoms with Crippen LogP contribution >= 0.6 is 11.3 Å². The van der Waals surface area contributed by atoms with E-state index in [1.807, 2.05) is 49.4 Å². The Kier molecular flexibility index (Phi) is 9.42. The Bertz CT molecular complexity index is 2180. The van der Waals surface area contributed by atoms with Crippen LogP contribution in [0, 0.1) is 22.2 Å². The lowest BCUT2D eigenvalue weighted by Gasteiger charge is -2.56. The summed E-state index contributed by atoms with van der Waals surface area (Å²) in [5, 5.41) is 25.5. The zero-order valence-electron chi connectivity index (χ0n) is 30.0. The van der Waals surface area contributed by atoms with Gasteiger partial charge in [0.2, 0.25) is 0 Å². The first-order chi connectivity index (χ1) is 24.5. The van der Waals surface area contributed by atoms with Crippen molar-refractivity contribution in [2.75, 3.05) is 13.2 Å². The minimum atomic E-state index is -1.13. The van der Waals surface area contributed by atoms with Crippen molar-refractivity contribution in [3.63, 3.8) is 0 Å². The van der Waals surface area contributed by atoms with Gasteiger partial charge in [-0.05, 0) is 85.0 Å². The van der Waals surface area contributed by atoms with Crippen LogP contribution in [0.25, 0.3) is 48.4 Å². The SMILES string of the molecule is CCCOC1C=C2C(C)(CC(C)C)CC2(CN/C(C)=C(\C=N)c2ccc(-c3ccc4cccc(-c5nc6ccccc6s5)c4c3)nc2C(=O)O)C1. The molecule has 0 aliphatic heterocycles. The number of para-hydroxylation sites is 1. The number of aromatic carboxylic acids is 1. The Morgan fingerprint density at radius 2 is 1.94 bits per heavy atom. The molecule has 2 aromatic heterocycles. The van der Waals surface area contributed by atoms with Gasteiger partial charge in [-0.3, -0.25) is 0 Å². The van der Waals surface area contributed by atoms with Crippen molar-refractivity contribution in [3.05, 3.63) is 101 Å². The number of carboxylic acids is 1. The quantitative estimate of drug-likeness (QED) is 0.0834. The number of carboxylic acid groups (broad SMARTS) is 1. The maximum Gasteiger partial charge on any atom is 0.355 e. The summed E-state index contributed by atoms with van der Waals surface area (Å²) in [5.41, 5.74) is 6.64. The number of aromatic nitrogens is 2. The topological polar surface area (TPSA) is 108 Å². The summed E-state index contributed by atoms with van der Waals surface area (Å²) in [6, 6.07) is 24.1. The Labute approximate surface area is 304 Å². The molecule has 2 aliphatic carbocycles. The second-order valence-corrected chi connectivity index (χ2v) is 16.0. The van der Waals surface area contributed by atoms with E-state index in [0.29, 0.717) is 29.3 Å². The van der Waals surface area contributed by atoms with Crippen LogP contribution in [0.15, 0.2) is 90.1 Å². The minimum Gasteiger partial charge on any atom is -0.476 e. The summed E-state index contributed by atoms with van der Waals surface area (Å²) in [4.78, 5) is 22.3. The lowest BCUT2D eigenvalue weighted by atomic mass is 9.48. The molecule has 5 aromatic rings. The third-order valence-corrected chi connectivity index (χ3v) is 11.7. The fourth-order valence-electron chi connectivity index (χ4n) is 8.74. The molecular formula is C43H46N4O3S. The van der Waals surface area contributed by atoms with E-state index in [4.69, 9.17) is 20.1 Å². The molecule has 2 heterocycles. The summed E-state index contributed by atoms with van der Waals surface area (Å²) in [7, 11) is 0. The molecule has 7 rings (SSSR count). The Balaban J connectivity index is 1.18. The van der Waals surface area contributed by atoms with Gasteiger partial charge in [0, 0.05) is 52.7 Å². The van der Waals surface area contributed by atoms with Gasteiger partial charge in [0.25, 0.3) is 0 Å². The predicted octanol–water partition coefficient (Wildman–Crippen LogP) is 10.4. The van der Waals surface area contributed by atoms with Gasteiger partial charge in [0.1, 0.15) is 5.01 Å². The van der Waals surface area contributed by atoms with Crippen LogP contribution in [0.5, 0.6) is 0 Å². The first-order valence-corrected chi connectivity index (χ1v) is 18.8. The Hall–Kier alpha value is -4.66. The molecular weight excluding hydrogens is 653 g/mol. The smallest absolute Gasteiger partial charge is 0.355 e. The van der Waals surface area contributed by atoms with Crippen LogP contribution in [-0.4, -0.2) is 46.5 Å². The van der Waals surface area contributed by atoms with Gasteiger partial charge in [-0.15, -0.1) is 11.3 Å². The van der Waals surface area contributed by atoms with Crippen LogP contribution in [0.1, 0.15) is 76.4 Å². The number of hydrogen-bond acceptors (Lipinski definition) is 7. The predicted molar refractivity (Wildman–Crippen MR) is 209 cm³/mol. The summed E-state index contributed by atoms with van der Waals surface area (Å²) in [6.07, 6.45) is 7.89. The first kappa shape index (κ1) is 34.8. The second kappa shape index (κ2) is 13.8. The Morgan fingerprint density at radius 1 is 1.12 bits per heavy atom. The number of pyridine rings is 1. The van der Waals surface area contributed by atoms with E-state index >= 15 is 0 Å². The van der Waals surface area contributed by atoms with Crippen molar-refractivity contribution in [2.24, 2.45) is 16.7 Å². The van der Waals surface area contributed by atoms with Crippen molar-refractivity contribution in [3.8, 4) is 21.8 Å². The number of nitrogens with one attached hydrogen (secondary N) is 2. The van der Waals surface area contributed by atoms with Crippen LogP contribution in [0.3, 0.4) is 0 Å². The third kappa shape index (κ3) is 6.51. The fourth-order valence-corrected chi connectivity index (χ4v) is 9.75. The van der Waals surface area contributed by atoms with E-state index in [1.54, 1.807) is 17.4 Å². The number of hydrogen-bond donors (Lipinski definition) is 3. The summed E-state index contributed by atoms with van der Waals surface area (Å²) in [6.45, 7) is 12.5. The second-order valence-electron chi connectivity index (χ2n) is 15.0. The molecule has 1 saturated carbocycles. The molecule has 2 aliphatic rings. The van der Waals surface area contributed by atoms with Gasteiger partial charge in [-0.25, -0.2) is 14.8 Å². The number of thiazole rings is 1. The number of rotatable bonds is 13. The van der Waals surface area contributed by atoms with Crippen LogP contribution in [0.4, 0.5) is 0 Å². The minimum absolute atomic E-state index is 0.00548. The van der Waals surface area contributed by atoms with Gasteiger partial charge in [0.05, 0.1) is 22.0 Å². The monoisotopic (exact) mass is 698 g/mol. The molecule has 0 amide bonds. The molecule has 7 nitrogen and oxygen atoms in total. The van der Waals surface area contributed by atoms with Gasteiger partial charge in [-0.2, -0.15) is 0 Å². The average molecular weight is 699 g/mol. The van der Waals surface area contributed by atoms with Gasteiger partial charge in [0.15, 0.2) is 5.69 Å². The molecule has 8 heteroatoms. The van der Waals surface area contributed by atoms with E-state index in [9.17, 15) is 9.90 Å². The van der Waals surface area contributed by atoms with Gasteiger partial charge in [-0.1, -0.05) is 81.8 Å². The number of fused-ring (bicyclic) bond motifs is 3. The van der Waals surface area contributed by atoms with Gasteiger partial charge >= 0.3 is 5.97 Å². The van der Waals surface area contributed by atoms with Crippen molar-refractivity contribution < 1.29 is 14.6 Å². The van der Waals surface area contributed by atoms with E-state index in [1.165, 1.54) is 11.8 Å². The maximum absolute atomic E-state index is 12.7. The summed E-state index contributed by atoms with van der Waals surface area (Å²) < 4.78 is 7.36. The highest BCUT2D eigenvalue weighted by Gasteiger charge is 2.59. The van der Waals surface area contributed by atoms with Crippen molar-refractivity contribution in [2.45, 2.75) is 66.4 Å². The fraction of sp³-hybridized carbons (Fsp3) is 0.349. The highest BCUT2D eigenvalue weighted by molar-refractivity contribution is 7.21. The van der Waals surface area contributed by atoms with Crippen molar-refractivity contribution >= 4 is 50.1 Å². The molecule has 0 radical (unpaired) electrons. The molecule has 51 heavy (non-hydrogen) atoms. The number of carbonyl (C=O) groups is 1. The van der Waals surface area contributed by atoms with E-state index in [-0.39, 0.29) is 22.6 Å². The number of benzene rings is 3. The lowest BCUT2D eigenvalue weighted by molar-refractivity contribution is 0.0222. The molecule has 3 atom stereocenters. The molecule has 3 N–H and O–H groups in total. The largest absolute Gasteiger partial charge is 0.476 e. The Morgan fingerprint density at radius 3 is 2.69 bits per heavy atom. The molecule has 3 aromatic carbocycles. The zero-order chi connectivity index (χ0) is 35.9. The van der Waals surface area contributed by atoms with Crippen LogP contribution < -0.4 is 5.32 Å². The lowest BCUT2D eigenvalue weighted by Crippen LogP contribution is -2.51. The highest BCUT2D eigenvalue weighted by Crippen LogP contribution is 2.66. The maximum atomic E-state index is 12.7. The van der Waals surface area contributed by atoms with E-state index in [2.05, 4.69) is 63.4 Å². The van der Waals surface area contributed by atoms with Crippen LogP contribution in [-0.2, 0) is 4.74 Å². The third-order valence-electron chi connectivity index (χ3n) is 10.6. The van der Waals surface area contributed by atoms with E-state index in [0.717, 1.165) is 75.1 Å². The molecule has 1 fully saturated rings. The number of ether oxygens (including phenoxy) is 1. The highest BCUT2D eigenvalue weighted by atomic mass is 32.1. The van der Waals surface area contributed by atoms with E-state index < -0.39 is 5.97 Å². The summed E-state index contributed by atoms with van der Waals surface area (Å²) >= 11 is 1.66. The van der Waals surface area contributed by atoms with Gasteiger partial charge < -0.3 is 20.6 Å². The summed E-state index contributed by atoms with van der Waals surface area (Å²) in [5.74, 6) is -0.530. The normalized spacial score (nSPS) is 21.7. The standard InChI is InChI=1S/C43H46N4O3S/c1-6-18-50-30-20-38-42(5,21-26(2)3)24-43(38,22-30)25-45-27(4)34(23-44)31-16-17-35(46-39(31)41(48)49)29-15-14-28-10-9-11-32(33(28)19-29)40-47-36-12-7-8-13-37(36)51-40/h7-17,19-20,23,26,30,44-45H,6,18,21-22,24-25H2,1-5H3,(H,48,49)/b34-27+,44-23?. The van der Waals surface area contributed by atoms with Crippen molar-refractivity contribution in [1.29, 1.82) is 5.41 Å². The molecule has 0 spiro atoms. The van der Waals surface area contributed by atoms with Crippen molar-refractivity contribution in [1.82, 2.24) is 15.3 Å². The first-order valence-electron chi connectivity index (χ1n) is 18.0. The zero-order valence-corrected chi connectivity index (χ0v) is 30.9. The molecule has 0 bridgehead atoms. The molecule has 3 unspecified atom stereocenters. The van der Waals surface area contributed by atoms with Crippen LogP contribution in [0.2, 0.25) is 0 Å². The number of nitrogens with zero attached hydrogens (tertiary/aromatic N) is 2. The number of allylic oxidation sites excluding steroid dienone is 2. The molecule has 262 valence electrons. The molecule has 0 saturated heterocycles. The average Bonchev–Trinajstić information content (AvgIpc) is 3.69.